The van der Waals surface area contributed by atoms with Crippen molar-refractivity contribution >= 4 is 34.5 Å². The molecule has 2 aromatic carbocycles. The van der Waals surface area contributed by atoms with Gasteiger partial charge in [-0.05, 0) is 43.7 Å². The van der Waals surface area contributed by atoms with Crippen molar-refractivity contribution in [3.05, 3.63) is 70.0 Å². The molecule has 0 aliphatic heterocycles. The molecular weight excluding hydrogens is 366 g/mol. The number of rotatable bonds is 5. The molecule has 0 spiro atoms. The van der Waals surface area contributed by atoms with Gasteiger partial charge in [0.15, 0.2) is 6.61 Å². The minimum Gasteiger partial charge on any atom is -0.452 e. The molecule has 0 fully saturated rings. The van der Waals surface area contributed by atoms with E-state index in [1.807, 2.05) is 32.0 Å². The Kier molecular flexibility index (Phi) is 5.66. The van der Waals surface area contributed by atoms with Crippen LogP contribution in [0.15, 0.2) is 42.5 Å². The molecule has 3 aromatic rings. The molecule has 0 bridgehead atoms. The van der Waals surface area contributed by atoms with E-state index in [-0.39, 0.29) is 13.2 Å². The Morgan fingerprint density at radius 2 is 1.74 bits per heavy atom. The highest BCUT2D eigenvalue weighted by atomic mass is 35.5. The lowest BCUT2D eigenvalue weighted by Crippen LogP contribution is -2.28. The fourth-order valence-electron chi connectivity index (χ4n) is 2.46. The molecule has 27 heavy (non-hydrogen) atoms. The van der Waals surface area contributed by atoms with Crippen molar-refractivity contribution in [1.82, 2.24) is 15.3 Å². The van der Waals surface area contributed by atoms with Crippen LogP contribution in [-0.2, 0) is 16.1 Å². The van der Waals surface area contributed by atoms with Crippen LogP contribution in [0.1, 0.15) is 27.3 Å². The summed E-state index contributed by atoms with van der Waals surface area (Å²) in [6.45, 7) is 3.63. The smallest absolute Gasteiger partial charge is 0.338 e. The normalized spacial score (nSPS) is 10.6. The molecule has 0 radical (unpaired) electrons. The van der Waals surface area contributed by atoms with E-state index in [1.54, 1.807) is 24.3 Å². The topological polar surface area (TPSA) is 81.2 Å². The molecule has 6 nitrogen and oxygen atoms in total. The number of nitrogens with zero attached hydrogens (tertiary/aromatic N) is 2. The van der Waals surface area contributed by atoms with Gasteiger partial charge in [-0.3, -0.25) is 4.79 Å². The summed E-state index contributed by atoms with van der Waals surface area (Å²) in [5.74, 6) is -1.000. The molecule has 3 rings (SSSR count). The fourth-order valence-corrected chi connectivity index (χ4v) is 2.66. The molecule has 0 aliphatic rings. The molecule has 1 amide bonds. The molecule has 1 aromatic heterocycles. The number of aromatic nitrogens is 2. The number of amides is 1. The van der Waals surface area contributed by atoms with Crippen LogP contribution in [0.25, 0.3) is 11.0 Å². The highest BCUT2D eigenvalue weighted by molar-refractivity contribution is 6.31. The predicted molar refractivity (Wildman–Crippen MR) is 103 cm³/mol. The van der Waals surface area contributed by atoms with E-state index in [4.69, 9.17) is 16.3 Å². The molecule has 1 heterocycles. The summed E-state index contributed by atoms with van der Waals surface area (Å²) >= 11 is 6.04. The average molecular weight is 384 g/mol. The molecule has 0 atom stereocenters. The highest BCUT2D eigenvalue weighted by Gasteiger charge is 2.12. The Hall–Kier alpha value is -2.99. The summed E-state index contributed by atoms with van der Waals surface area (Å²) in [5, 5.41) is 3.23. The highest BCUT2D eigenvalue weighted by Crippen LogP contribution is 2.16. The van der Waals surface area contributed by atoms with E-state index in [1.165, 1.54) is 0 Å². The van der Waals surface area contributed by atoms with Crippen LogP contribution in [0.5, 0.6) is 0 Å². The van der Waals surface area contributed by atoms with Gasteiger partial charge in [0.2, 0.25) is 0 Å². The quantitative estimate of drug-likeness (QED) is 0.683. The number of carbonyl (C=O) groups excluding carboxylic acids is 2. The van der Waals surface area contributed by atoms with Crippen LogP contribution in [0.4, 0.5) is 0 Å². The largest absolute Gasteiger partial charge is 0.452 e. The summed E-state index contributed by atoms with van der Waals surface area (Å²) in [4.78, 5) is 32.9. The van der Waals surface area contributed by atoms with Crippen molar-refractivity contribution in [3.8, 4) is 0 Å². The number of nitrogens with one attached hydrogen (secondary N) is 1. The molecule has 7 heteroatoms. The molecule has 138 valence electrons. The van der Waals surface area contributed by atoms with E-state index in [2.05, 4.69) is 15.3 Å². The number of benzene rings is 2. The van der Waals surface area contributed by atoms with E-state index in [9.17, 15) is 9.59 Å². The van der Waals surface area contributed by atoms with Gasteiger partial charge in [0.1, 0.15) is 0 Å². The summed E-state index contributed by atoms with van der Waals surface area (Å²) in [6, 6.07) is 12.1. The molecular formula is C20H18ClN3O3. The maximum atomic E-state index is 12.2. The van der Waals surface area contributed by atoms with Gasteiger partial charge in [0.05, 0.1) is 28.0 Å². The summed E-state index contributed by atoms with van der Waals surface area (Å²) in [7, 11) is 0. The summed E-state index contributed by atoms with van der Waals surface area (Å²) < 4.78 is 5.08. The zero-order chi connectivity index (χ0) is 19.4. The summed E-state index contributed by atoms with van der Waals surface area (Å²) in [5.41, 5.74) is 4.06. The number of hydrogen-bond donors (Lipinski definition) is 1. The zero-order valence-corrected chi connectivity index (χ0v) is 15.7. The number of ether oxygens (including phenoxy) is 1. The maximum Gasteiger partial charge on any atom is 0.338 e. The second kappa shape index (κ2) is 8.14. The van der Waals surface area contributed by atoms with Gasteiger partial charge in [0, 0.05) is 11.6 Å². The lowest BCUT2D eigenvalue weighted by atomic mass is 10.2. The van der Waals surface area contributed by atoms with Crippen LogP contribution in [0.3, 0.4) is 0 Å². The first kappa shape index (κ1) is 18.8. The van der Waals surface area contributed by atoms with Gasteiger partial charge in [-0.25, -0.2) is 14.8 Å². The Labute approximate surface area is 161 Å². The fraction of sp³-hybridized carbons (Fsp3) is 0.200. The number of hydrogen-bond acceptors (Lipinski definition) is 5. The predicted octanol–water partition coefficient (Wildman–Crippen LogP) is 3.37. The first-order valence-electron chi connectivity index (χ1n) is 8.36. The lowest BCUT2D eigenvalue weighted by Gasteiger charge is -2.08. The second-order valence-electron chi connectivity index (χ2n) is 6.04. The second-order valence-corrected chi connectivity index (χ2v) is 6.45. The average Bonchev–Trinajstić information content (AvgIpc) is 2.66. The number of fused-ring (bicyclic) bond motifs is 1. The Bertz CT molecular complexity index is 1020. The van der Waals surface area contributed by atoms with Gasteiger partial charge in [0.25, 0.3) is 5.91 Å². The Balaban J connectivity index is 1.58. The molecule has 0 saturated carbocycles. The minimum atomic E-state index is -0.593. The Morgan fingerprint density at radius 3 is 2.48 bits per heavy atom. The number of esters is 1. The third-order valence-electron chi connectivity index (χ3n) is 4.08. The number of carbonyl (C=O) groups is 2. The molecule has 1 N–H and O–H groups in total. The van der Waals surface area contributed by atoms with Crippen molar-refractivity contribution in [3.63, 3.8) is 0 Å². The lowest BCUT2D eigenvalue weighted by molar-refractivity contribution is -0.124. The van der Waals surface area contributed by atoms with Crippen LogP contribution < -0.4 is 5.32 Å². The van der Waals surface area contributed by atoms with Gasteiger partial charge in [-0.2, -0.15) is 0 Å². The third-order valence-corrected chi connectivity index (χ3v) is 4.45. The number of aryl methyl sites for hydroxylation is 2. The minimum absolute atomic E-state index is 0.264. The van der Waals surface area contributed by atoms with Gasteiger partial charge in [-0.1, -0.05) is 29.8 Å². The Morgan fingerprint density at radius 1 is 1.04 bits per heavy atom. The standard InChI is InChI=1S/C20H18ClN3O3/c1-12-13(2)24-18-9-14(7-8-17(18)23-12)20(26)27-11-19(25)22-10-15-5-3-4-6-16(15)21/h3-9H,10-11H2,1-2H3,(H,22,25). The van der Waals surface area contributed by atoms with Crippen molar-refractivity contribution in [1.29, 1.82) is 0 Å². The monoisotopic (exact) mass is 383 g/mol. The van der Waals surface area contributed by atoms with Gasteiger partial charge in [-0.15, -0.1) is 0 Å². The van der Waals surface area contributed by atoms with Crippen LogP contribution >= 0.6 is 11.6 Å². The van der Waals surface area contributed by atoms with E-state index in [0.717, 1.165) is 17.0 Å². The van der Waals surface area contributed by atoms with Crippen molar-refractivity contribution in [2.75, 3.05) is 6.61 Å². The first-order valence-corrected chi connectivity index (χ1v) is 8.74. The van der Waals surface area contributed by atoms with Crippen molar-refractivity contribution in [2.45, 2.75) is 20.4 Å². The zero-order valence-electron chi connectivity index (χ0n) is 15.0. The van der Waals surface area contributed by atoms with Crippen LogP contribution in [-0.4, -0.2) is 28.5 Å². The number of halogens is 1. The first-order chi connectivity index (χ1) is 12.9. The van der Waals surface area contributed by atoms with E-state index in [0.29, 0.717) is 21.6 Å². The van der Waals surface area contributed by atoms with Crippen LogP contribution in [0.2, 0.25) is 5.02 Å². The summed E-state index contributed by atoms with van der Waals surface area (Å²) in [6.07, 6.45) is 0. The molecule has 0 unspecified atom stereocenters. The SMILES string of the molecule is Cc1nc2ccc(C(=O)OCC(=O)NCc3ccccc3Cl)cc2nc1C. The molecule has 0 saturated heterocycles. The van der Waals surface area contributed by atoms with Gasteiger partial charge < -0.3 is 10.1 Å². The van der Waals surface area contributed by atoms with Gasteiger partial charge >= 0.3 is 5.97 Å². The van der Waals surface area contributed by atoms with Crippen molar-refractivity contribution in [2.24, 2.45) is 0 Å². The third kappa shape index (κ3) is 4.60. The van der Waals surface area contributed by atoms with Crippen molar-refractivity contribution < 1.29 is 14.3 Å². The van der Waals surface area contributed by atoms with Crippen LogP contribution in [0, 0.1) is 13.8 Å². The van der Waals surface area contributed by atoms with E-state index < -0.39 is 11.9 Å². The maximum absolute atomic E-state index is 12.2. The molecule has 0 aliphatic carbocycles. The van der Waals surface area contributed by atoms with E-state index >= 15 is 0 Å².